The number of fused-ring (bicyclic) bond motifs is 1. The van der Waals surface area contributed by atoms with Gasteiger partial charge in [-0.3, -0.25) is 4.98 Å². The maximum atomic E-state index is 14.6. The van der Waals surface area contributed by atoms with E-state index in [-0.39, 0.29) is 28.0 Å². The van der Waals surface area contributed by atoms with Crippen molar-refractivity contribution in [3.63, 3.8) is 0 Å². The third-order valence-electron chi connectivity index (χ3n) is 3.31. The smallest absolute Gasteiger partial charge is 0.220 e. The molecule has 2 heterocycles. The first kappa shape index (κ1) is 15.2. The summed E-state index contributed by atoms with van der Waals surface area (Å²) in [5, 5.41) is 0.760. The standard InChI is InChI=1S/C15H12ClFN4O2/c1-22-10-4-11(23-2)14(17)12(13(10)16)8-3-7-5-20-15(18)21-9(7)6-19-8/h3-6H,1-2H3,(H2,18,20,21). The monoisotopic (exact) mass is 334 g/mol. The Balaban J connectivity index is 2.27. The number of hydrogen-bond acceptors (Lipinski definition) is 6. The second kappa shape index (κ2) is 5.85. The van der Waals surface area contributed by atoms with Crippen LogP contribution in [0.3, 0.4) is 0 Å². The Bertz CT molecular complexity index is 876. The molecule has 2 N–H and O–H groups in total. The minimum atomic E-state index is -0.624. The molecule has 1 aromatic carbocycles. The summed E-state index contributed by atoms with van der Waals surface area (Å²) in [6.07, 6.45) is 3.01. The quantitative estimate of drug-likeness (QED) is 0.792. The molecule has 0 atom stereocenters. The number of hydrogen-bond donors (Lipinski definition) is 1. The van der Waals surface area contributed by atoms with Gasteiger partial charge in [-0.15, -0.1) is 0 Å². The molecule has 0 bridgehead atoms. The van der Waals surface area contributed by atoms with Crippen molar-refractivity contribution in [3.05, 3.63) is 35.4 Å². The molecule has 0 aliphatic rings. The van der Waals surface area contributed by atoms with Crippen LogP contribution in [0.25, 0.3) is 22.2 Å². The Labute approximate surface area is 136 Å². The summed E-state index contributed by atoms with van der Waals surface area (Å²) in [7, 11) is 2.80. The van der Waals surface area contributed by atoms with Crippen molar-refractivity contribution < 1.29 is 13.9 Å². The number of rotatable bonds is 3. The second-order valence-corrected chi connectivity index (χ2v) is 5.02. The van der Waals surface area contributed by atoms with Crippen LogP contribution in [0.1, 0.15) is 0 Å². The number of halogens is 2. The van der Waals surface area contributed by atoms with Crippen molar-refractivity contribution >= 4 is 28.5 Å². The highest BCUT2D eigenvalue weighted by Gasteiger charge is 2.21. The number of nitrogens with zero attached hydrogens (tertiary/aromatic N) is 3. The molecule has 118 valence electrons. The van der Waals surface area contributed by atoms with Gasteiger partial charge < -0.3 is 15.2 Å². The molecule has 0 spiro atoms. The molecule has 0 amide bonds. The van der Waals surface area contributed by atoms with E-state index in [9.17, 15) is 4.39 Å². The van der Waals surface area contributed by atoms with Gasteiger partial charge in [0.05, 0.1) is 42.2 Å². The number of methoxy groups -OCH3 is 2. The molecule has 0 aliphatic heterocycles. The minimum absolute atomic E-state index is 0.0108. The van der Waals surface area contributed by atoms with Crippen molar-refractivity contribution in [2.45, 2.75) is 0 Å². The topological polar surface area (TPSA) is 83.2 Å². The van der Waals surface area contributed by atoms with Gasteiger partial charge >= 0.3 is 0 Å². The number of nitrogens with two attached hydrogens (primary N) is 1. The van der Waals surface area contributed by atoms with Crippen LogP contribution in [0.5, 0.6) is 11.5 Å². The summed E-state index contributed by atoms with van der Waals surface area (Å²) < 4.78 is 24.8. The van der Waals surface area contributed by atoms with Crippen LogP contribution in [0.4, 0.5) is 10.3 Å². The van der Waals surface area contributed by atoms with Crippen LogP contribution in [0.15, 0.2) is 24.5 Å². The largest absolute Gasteiger partial charge is 0.495 e. The summed E-state index contributed by atoms with van der Waals surface area (Å²) in [4.78, 5) is 12.2. The predicted molar refractivity (Wildman–Crippen MR) is 85.3 cm³/mol. The average molecular weight is 335 g/mol. The molecule has 2 aromatic heterocycles. The van der Waals surface area contributed by atoms with E-state index >= 15 is 0 Å². The predicted octanol–water partition coefficient (Wildman–Crippen LogP) is 3.08. The number of anilines is 1. The fourth-order valence-corrected chi connectivity index (χ4v) is 2.51. The summed E-state index contributed by atoms with van der Waals surface area (Å²) in [5.41, 5.74) is 6.48. The summed E-state index contributed by atoms with van der Waals surface area (Å²) in [5.74, 6) is -0.187. The van der Waals surface area contributed by atoms with Crippen molar-refractivity contribution in [2.75, 3.05) is 20.0 Å². The Morgan fingerprint density at radius 1 is 1.09 bits per heavy atom. The number of ether oxygens (including phenoxy) is 2. The number of benzene rings is 1. The molecular formula is C15H12ClFN4O2. The van der Waals surface area contributed by atoms with Crippen LogP contribution < -0.4 is 15.2 Å². The van der Waals surface area contributed by atoms with Crippen LogP contribution in [-0.4, -0.2) is 29.2 Å². The van der Waals surface area contributed by atoms with Gasteiger partial charge in [-0.2, -0.15) is 0 Å². The highest BCUT2D eigenvalue weighted by molar-refractivity contribution is 6.35. The van der Waals surface area contributed by atoms with Gasteiger partial charge in [-0.1, -0.05) is 11.6 Å². The lowest BCUT2D eigenvalue weighted by atomic mass is 10.1. The third kappa shape index (κ3) is 2.59. The van der Waals surface area contributed by atoms with Gasteiger partial charge in [0.1, 0.15) is 5.75 Å². The fourth-order valence-electron chi connectivity index (χ4n) is 2.20. The molecule has 0 saturated carbocycles. The highest BCUT2D eigenvalue weighted by Crippen LogP contribution is 2.41. The molecule has 6 nitrogen and oxygen atoms in total. The van der Waals surface area contributed by atoms with E-state index in [2.05, 4.69) is 15.0 Å². The van der Waals surface area contributed by atoms with E-state index in [1.165, 1.54) is 32.7 Å². The molecule has 0 radical (unpaired) electrons. The first-order valence-electron chi connectivity index (χ1n) is 6.53. The number of nitrogen functional groups attached to an aromatic ring is 1. The van der Waals surface area contributed by atoms with Crippen LogP contribution in [0, 0.1) is 5.82 Å². The number of aromatic nitrogens is 3. The second-order valence-electron chi connectivity index (χ2n) is 4.64. The molecule has 8 heteroatoms. The van der Waals surface area contributed by atoms with Gasteiger partial charge in [0.25, 0.3) is 0 Å². The SMILES string of the molecule is COc1cc(OC)c(Cl)c(-c2cc3cnc(N)nc3cn2)c1F. The molecule has 3 rings (SSSR count). The highest BCUT2D eigenvalue weighted by atomic mass is 35.5. The van der Waals surface area contributed by atoms with Crippen LogP contribution in [0.2, 0.25) is 5.02 Å². The van der Waals surface area contributed by atoms with E-state index in [0.29, 0.717) is 16.6 Å². The van der Waals surface area contributed by atoms with E-state index in [0.717, 1.165) is 0 Å². The van der Waals surface area contributed by atoms with E-state index < -0.39 is 5.82 Å². The Morgan fingerprint density at radius 3 is 2.52 bits per heavy atom. The van der Waals surface area contributed by atoms with Gasteiger partial charge in [0.2, 0.25) is 5.95 Å². The lowest BCUT2D eigenvalue weighted by Gasteiger charge is -2.13. The molecular weight excluding hydrogens is 323 g/mol. The van der Waals surface area contributed by atoms with E-state index in [1.807, 2.05) is 0 Å². The van der Waals surface area contributed by atoms with Gasteiger partial charge in [-0.05, 0) is 6.07 Å². The zero-order valence-corrected chi connectivity index (χ0v) is 13.1. The van der Waals surface area contributed by atoms with Crippen molar-refractivity contribution in [3.8, 4) is 22.8 Å². The summed E-state index contributed by atoms with van der Waals surface area (Å²) in [6.45, 7) is 0. The van der Waals surface area contributed by atoms with Crippen LogP contribution in [-0.2, 0) is 0 Å². The zero-order chi connectivity index (χ0) is 16.6. The van der Waals surface area contributed by atoms with Crippen LogP contribution >= 0.6 is 11.6 Å². The molecule has 0 fully saturated rings. The van der Waals surface area contributed by atoms with Crippen molar-refractivity contribution in [1.29, 1.82) is 0 Å². The first-order valence-corrected chi connectivity index (χ1v) is 6.91. The molecule has 0 saturated heterocycles. The van der Waals surface area contributed by atoms with E-state index in [1.54, 1.807) is 6.07 Å². The van der Waals surface area contributed by atoms with Crippen molar-refractivity contribution in [1.82, 2.24) is 15.0 Å². The Morgan fingerprint density at radius 2 is 1.83 bits per heavy atom. The minimum Gasteiger partial charge on any atom is -0.495 e. The lowest BCUT2D eigenvalue weighted by molar-refractivity contribution is 0.375. The van der Waals surface area contributed by atoms with Gasteiger partial charge in [-0.25, -0.2) is 14.4 Å². The fraction of sp³-hybridized carbons (Fsp3) is 0.133. The molecule has 3 aromatic rings. The average Bonchev–Trinajstić information content (AvgIpc) is 2.55. The number of pyridine rings is 1. The normalized spacial score (nSPS) is 10.8. The van der Waals surface area contributed by atoms with Crippen molar-refractivity contribution in [2.24, 2.45) is 0 Å². The maximum Gasteiger partial charge on any atom is 0.220 e. The van der Waals surface area contributed by atoms with E-state index in [4.69, 9.17) is 26.8 Å². The summed E-state index contributed by atoms with van der Waals surface area (Å²) >= 11 is 6.24. The van der Waals surface area contributed by atoms with Gasteiger partial charge in [0.15, 0.2) is 11.6 Å². The molecule has 0 unspecified atom stereocenters. The Hall–Kier alpha value is -2.67. The first-order chi connectivity index (χ1) is 11.0. The van der Waals surface area contributed by atoms with Gasteiger partial charge in [0, 0.05) is 17.6 Å². The summed E-state index contributed by atoms with van der Waals surface area (Å²) in [6, 6.07) is 3.00. The zero-order valence-electron chi connectivity index (χ0n) is 12.3. The third-order valence-corrected chi connectivity index (χ3v) is 3.69. The maximum absolute atomic E-state index is 14.6. The Kier molecular flexibility index (Phi) is 3.87. The lowest BCUT2D eigenvalue weighted by Crippen LogP contribution is -1.99. The molecule has 23 heavy (non-hydrogen) atoms. The molecule has 0 aliphatic carbocycles.